The number of methoxy groups -OCH3 is 1. The van der Waals surface area contributed by atoms with Gasteiger partial charge in [-0.05, 0) is 45.4 Å². The first-order valence-electron chi connectivity index (χ1n) is 7.30. The van der Waals surface area contributed by atoms with Crippen molar-refractivity contribution in [1.82, 2.24) is 0 Å². The third kappa shape index (κ3) is 5.58. The number of carbonyl (C=O) groups is 2. The van der Waals surface area contributed by atoms with E-state index in [-0.39, 0.29) is 17.8 Å². The molecule has 1 aliphatic rings. The number of hydrogen-bond donors (Lipinski definition) is 0. The molecule has 0 aromatic carbocycles. The Morgan fingerprint density at radius 3 is 2.84 bits per heavy atom. The van der Waals surface area contributed by atoms with E-state index in [9.17, 15) is 9.59 Å². The van der Waals surface area contributed by atoms with Crippen LogP contribution in [-0.2, 0) is 14.3 Å². The van der Waals surface area contributed by atoms with Crippen LogP contribution in [0.4, 0.5) is 0 Å². The normalized spacial score (nSPS) is 21.5. The molecule has 2 atom stereocenters. The summed E-state index contributed by atoms with van der Waals surface area (Å²) < 4.78 is 4.70. The van der Waals surface area contributed by atoms with Crippen molar-refractivity contribution in [3.8, 4) is 0 Å². The van der Waals surface area contributed by atoms with Gasteiger partial charge in [-0.2, -0.15) is 0 Å². The number of ketones is 1. The second kappa shape index (κ2) is 8.13. The van der Waals surface area contributed by atoms with Gasteiger partial charge in [0, 0.05) is 12.3 Å². The highest BCUT2D eigenvalue weighted by Crippen LogP contribution is 2.27. The Balaban J connectivity index is 2.21. The van der Waals surface area contributed by atoms with Gasteiger partial charge in [-0.3, -0.25) is 9.59 Å². The van der Waals surface area contributed by atoms with Gasteiger partial charge in [-0.15, -0.1) is 0 Å². The van der Waals surface area contributed by atoms with Crippen LogP contribution >= 0.6 is 0 Å². The van der Waals surface area contributed by atoms with Crippen LogP contribution in [0.15, 0.2) is 11.6 Å². The summed E-state index contributed by atoms with van der Waals surface area (Å²) >= 11 is 0. The Hall–Kier alpha value is -1.12. The predicted molar refractivity (Wildman–Crippen MR) is 75.8 cm³/mol. The predicted octanol–water partition coefficient (Wildman–Crippen LogP) is 3.67. The van der Waals surface area contributed by atoms with Crippen LogP contribution in [0.2, 0.25) is 0 Å². The Morgan fingerprint density at radius 1 is 1.53 bits per heavy atom. The maximum atomic E-state index is 11.6. The highest BCUT2D eigenvalue weighted by molar-refractivity contribution is 5.83. The molecule has 1 fully saturated rings. The van der Waals surface area contributed by atoms with Gasteiger partial charge in [0.1, 0.15) is 5.78 Å². The fraction of sp³-hybridized carbons (Fsp3) is 0.750. The molecular weight excluding hydrogens is 240 g/mol. The van der Waals surface area contributed by atoms with Crippen molar-refractivity contribution in [1.29, 1.82) is 0 Å². The molecule has 0 aromatic rings. The number of unbranched alkanes of at least 4 members (excludes halogenated alkanes) is 1. The SMILES string of the molecule is COC(=O)C(C)CCC/C=C(\C)CC1CCCC1=O. The summed E-state index contributed by atoms with van der Waals surface area (Å²) in [5, 5.41) is 0. The van der Waals surface area contributed by atoms with Crippen LogP contribution < -0.4 is 0 Å². The summed E-state index contributed by atoms with van der Waals surface area (Å²) in [6, 6.07) is 0. The van der Waals surface area contributed by atoms with E-state index in [1.807, 2.05) is 6.92 Å². The lowest BCUT2D eigenvalue weighted by Gasteiger charge is -2.09. The van der Waals surface area contributed by atoms with Gasteiger partial charge >= 0.3 is 5.97 Å². The first-order valence-corrected chi connectivity index (χ1v) is 7.30. The fourth-order valence-electron chi connectivity index (χ4n) is 2.67. The van der Waals surface area contributed by atoms with Gasteiger partial charge in [-0.1, -0.05) is 18.6 Å². The molecule has 108 valence electrons. The minimum Gasteiger partial charge on any atom is -0.469 e. The smallest absolute Gasteiger partial charge is 0.308 e. The van der Waals surface area contributed by atoms with Crippen LogP contribution in [0.5, 0.6) is 0 Å². The lowest BCUT2D eigenvalue weighted by molar-refractivity contribution is -0.145. The molecule has 1 aliphatic carbocycles. The molecule has 0 aliphatic heterocycles. The Kier molecular flexibility index (Phi) is 6.82. The third-order valence-electron chi connectivity index (χ3n) is 3.94. The summed E-state index contributed by atoms with van der Waals surface area (Å²) in [4.78, 5) is 22.8. The average molecular weight is 266 g/mol. The zero-order chi connectivity index (χ0) is 14.3. The Labute approximate surface area is 116 Å². The van der Waals surface area contributed by atoms with Crippen molar-refractivity contribution in [2.75, 3.05) is 7.11 Å². The second-order valence-electron chi connectivity index (χ2n) is 5.67. The molecule has 19 heavy (non-hydrogen) atoms. The summed E-state index contributed by atoms with van der Waals surface area (Å²) in [5.41, 5.74) is 1.31. The Morgan fingerprint density at radius 2 is 2.26 bits per heavy atom. The van der Waals surface area contributed by atoms with E-state index < -0.39 is 0 Å². The van der Waals surface area contributed by atoms with E-state index in [1.54, 1.807) is 0 Å². The van der Waals surface area contributed by atoms with Crippen molar-refractivity contribution in [3.05, 3.63) is 11.6 Å². The lowest BCUT2D eigenvalue weighted by Crippen LogP contribution is -2.12. The molecule has 0 aromatic heterocycles. The van der Waals surface area contributed by atoms with Crippen molar-refractivity contribution in [2.45, 2.75) is 58.8 Å². The highest BCUT2D eigenvalue weighted by atomic mass is 16.5. The average Bonchev–Trinajstić information content (AvgIpc) is 2.79. The van der Waals surface area contributed by atoms with Crippen molar-refractivity contribution in [2.24, 2.45) is 11.8 Å². The number of hydrogen-bond acceptors (Lipinski definition) is 3. The number of esters is 1. The van der Waals surface area contributed by atoms with Crippen LogP contribution in [0.1, 0.15) is 58.8 Å². The highest BCUT2D eigenvalue weighted by Gasteiger charge is 2.23. The maximum absolute atomic E-state index is 11.6. The van der Waals surface area contributed by atoms with Crippen LogP contribution in [0.25, 0.3) is 0 Å². The van der Waals surface area contributed by atoms with Crippen molar-refractivity contribution < 1.29 is 14.3 Å². The minimum absolute atomic E-state index is 0.0184. The largest absolute Gasteiger partial charge is 0.469 e. The van der Waals surface area contributed by atoms with Gasteiger partial charge in [0.25, 0.3) is 0 Å². The molecular formula is C16H26O3. The molecule has 0 N–H and O–H groups in total. The first kappa shape index (κ1) is 15.9. The molecule has 3 heteroatoms. The molecule has 0 spiro atoms. The number of allylic oxidation sites excluding steroid dienone is 2. The van der Waals surface area contributed by atoms with E-state index in [2.05, 4.69) is 13.0 Å². The van der Waals surface area contributed by atoms with Crippen LogP contribution in [0.3, 0.4) is 0 Å². The summed E-state index contributed by atoms with van der Waals surface area (Å²) in [5.74, 6) is 0.560. The van der Waals surface area contributed by atoms with Gasteiger partial charge < -0.3 is 4.74 Å². The minimum atomic E-state index is -0.128. The number of Topliss-reactive ketones (excluding diaryl/α,β-unsaturated/α-hetero) is 1. The topological polar surface area (TPSA) is 43.4 Å². The summed E-state index contributed by atoms with van der Waals surface area (Å²) in [6.45, 7) is 4.01. The van der Waals surface area contributed by atoms with Gasteiger partial charge in [-0.25, -0.2) is 0 Å². The molecule has 2 unspecified atom stereocenters. The molecule has 0 saturated heterocycles. The third-order valence-corrected chi connectivity index (χ3v) is 3.94. The quantitative estimate of drug-likeness (QED) is 0.401. The standard InChI is InChI=1S/C16H26O3/c1-12(11-14-9-6-10-15(14)17)7-4-5-8-13(2)16(18)19-3/h7,13-14H,4-6,8-11H2,1-3H3/b12-7+. The molecule has 0 heterocycles. The van der Waals surface area contributed by atoms with E-state index >= 15 is 0 Å². The van der Waals surface area contributed by atoms with Gasteiger partial charge in [0.15, 0.2) is 0 Å². The van der Waals surface area contributed by atoms with E-state index in [0.717, 1.165) is 44.9 Å². The maximum Gasteiger partial charge on any atom is 0.308 e. The van der Waals surface area contributed by atoms with E-state index in [1.165, 1.54) is 12.7 Å². The Bertz CT molecular complexity index is 344. The van der Waals surface area contributed by atoms with Crippen molar-refractivity contribution in [3.63, 3.8) is 0 Å². The number of ether oxygens (including phenoxy) is 1. The molecule has 0 amide bonds. The van der Waals surface area contributed by atoms with Gasteiger partial charge in [0.05, 0.1) is 13.0 Å². The van der Waals surface area contributed by atoms with Gasteiger partial charge in [0.2, 0.25) is 0 Å². The zero-order valence-corrected chi connectivity index (χ0v) is 12.4. The fourth-order valence-corrected chi connectivity index (χ4v) is 2.67. The number of rotatable bonds is 7. The molecule has 1 rings (SSSR count). The van der Waals surface area contributed by atoms with Crippen molar-refractivity contribution >= 4 is 11.8 Å². The second-order valence-corrected chi connectivity index (χ2v) is 5.67. The molecule has 0 radical (unpaired) electrons. The van der Waals surface area contributed by atoms with E-state index in [0.29, 0.717) is 5.78 Å². The summed E-state index contributed by atoms with van der Waals surface area (Å²) in [7, 11) is 1.43. The first-order chi connectivity index (χ1) is 9.04. The van der Waals surface area contributed by atoms with Crippen LogP contribution in [0, 0.1) is 11.8 Å². The summed E-state index contributed by atoms with van der Waals surface area (Å²) in [6.07, 6.45) is 8.87. The molecule has 0 bridgehead atoms. The zero-order valence-electron chi connectivity index (χ0n) is 12.4. The molecule has 3 nitrogen and oxygen atoms in total. The monoisotopic (exact) mass is 266 g/mol. The van der Waals surface area contributed by atoms with E-state index in [4.69, 9.17) is 4.74 Å². The molecule has 1 saturated carbocycles. The van der Waals surface area contributed by atoms with Crippen LogP contribution in [-0.4, -0.2) is 18.9 Å². The lowest BCUT2D eigenvalue weighted by atomic mass is 9.96. The number of carbonyl (C=O) groups excluding carboxylic acids is 2.